The number of rotatable bonds is 11. The Kier molecular flexibility index (Phi) is 9.46. The lowest BCUT2D eigenvalue weighted by Crippen LogP contribution is -2.49. The van der Waals surface area contributed by atoms with Gasteiger partial charge in [0.15, 0.2) is 0 Å². The molecular formula is C28H34N4O2S. The molecule has 35 heavy (non-hydrogen) atoms. The van der Waals surface area contributed by atoms with Crippen LogP contribution in [0.3, 0.4) is 0 Å². The van der Waals surface area contributed by atoms with Crippen LogP contribution >= 0.6 is 11.3 Å². The van der Waals surface area contributed by atoms with Crippen molar-refractivity contribution < 1.29 is 9.59 Å². The largest absolute Gasteiger partial charge is 0.354 e. The average molecular weight is 491 g/mol. The number of benzene rings is 2. The van der Waals surface area contributed by atoms with Gasteiger partial charge in [0.2, 0.25) is 5.91 Å². The lowest BCUT2D eigenvalue weighted by atomic mass is 10.1. The molecule has 184 valence electrons. The van der Waals surface area contributed by atoms with Crippen molar-refractivity contribution in [2.45, 2.75) is 25.4 Å². The summed E-state index contributed by atoms with van der Waals surface area (Å²) >= 11 is 1.38. The summed E-state index contributed by atoms with van der Waals surface area (Å²) in [7, 11) is 0. The first-order chi connectivity index (χ1) is 17.2. The quantitative estimate of drug-likeness (QED) is 0.405. The predicted octanol–water partition coefficient (Wildman–Crippen LogP) is 3.41. The van der Waals surface area contributed by atoms with Crippen LogP contribution in [-0.4, -0.2) is 66.9 Å². The summed E-state index contributed by atoms with van der Waals surface area (Å²) < 4.78 is 0. The third kappa shape index (κ3) is 8.02. The number of nitrogens with zero attached hydrogens (tertiary/aromatic N) is 2. The number of carbonyl (C=O) groups excluding carboxylic acids is 2. The Hall–Kier alpha value is -3.00. The Morgan fingerprint density at radius 1 is 0.829 bits per heavy atom. The maximum Gasteiger partial charge on any atom is 0.262 e. The van der Waals surface area contributed by atoms with Gasteiger partial charge in [-0.1, -0.05) is 66.7 Å². The molecule has 2 heterocycles. The first-order valence-corrected chi connectivity index (χ1v) is 13.2. The van der Waals surface area contributed by atoms with E-state index in [-0.39, 0.29) is 11.8 Å². The van der Waals surface area contributed by atoms with Crippen LogP contribution < -0.4 is 10.6 Å². The maximum absolute atomic E-state index is 13.0. The van der Waals surface area contributed by atoms with Crippen molar-refractivity contribution in [3.8, 4) is 0 Å². The lowest BCUT2D eigenvalue weighted by Gasteiger charge is -2.34. The van der Waals surface area contributed by atoms with Gasteiger partial charge >= 0.3 is 0 Å². The second kappa shape index (κ2) is 13.2. The van der Waals surface area contributed by atoms with Crippen molar-refractivity contribution in [2.24, 2.45) is 0 Å². The molecule has 2 amide bonds. The van der Waals surface area contributed by atoms with Crippen molar-refractivity contribution in [3.63, 3.8) is 0 Å². The minimum absolute atomic E-state index is 0.133. The first kappa shape index (κ1) is 25.1. The second-order valence-electron chi connectivity index (χ2n) is 8.94. The topological polar surface area (TPSA) is 64.7 Å². The monoisotopic (exact) mass is 490 g/mol. The van der Waals surface area contributed by atoms with Crippen LogP contribution in [0, 0.1) is 0 Å². The maximum atomic E-state index is 13.0. The molecule has 0 saturated carbocycles. The van der Waals surface area contributed by atoms with E-state index < -0.39 is 6.04 Å². The second-order valence-corrected chi connectivity index (χ2v) is 9.89. The highest BCUT2D eigenvalue weighted by Crippen LogP contribution is 2.11. The van der Waals surface area contributed by atoms with E-state index in [0.29, 0.717) is 17.8 Å². The van der Waals surface area contributed by atoms with Crippen molar-refractivity contribution >= 4 is 23.2 Å². The van der Waals surface area contributed by atoms with Gasteiger partial charge in [0.05, 0.1) is 4.88 Å². The standard InChI is InChI=1S/C28H34N4O2S/c33-27(25(21-23-9-3-1-4-10-23)30-28(34)26-13-7-20-35-26)29-14-8-15-31-16-18-32(19-17-31)22-24-11-5-2-6-12-24/h1-7,9-13,20,25H,8,14-19,21-22H2,(H,29,33)(H,30,34). The molecule has 0 spiro atoms. The highest BCUT2D eigenvalue weighted by atomic mass is 32.1. The normalized spacial score (nSPS) is 15.4. The number of carbonyl (C=O) groups is 2. The van der Waals surface area contributed by atoms with Gasteiger partial charge in [-0.05, 0) is 35.5 Å². The zero-order valence-corrected chi connectivity index (χ0v) is 20.9. The average Bonchev–Trinajstić information content (AvgIpc) is 3.44. The van der Waals surface area contributed by atoms with Crippen LogP contribution in [0.4, 0.5) is 0 Å². The summed E-state index contributed by atoms with van der Waals surface area (Å²) in [5.41, 5.74) is 2.38. The summed E-state index contributed by atoms with van der Waals surface area (Å²) in [6.07, 6.45) is 1.36. The molecule has 4 rings (SSSR count). The minimum atomic E-state index is -0.603. The van der Waals surface area contributed by atoms with Crippen molar-refractivity contribution in [2.75, 3.05) is 39.3 Å². The number of piperazine rings is 1. The Labute approximate surface area is 212 Å². The third-order valence-corrected chi connectivity index (χ3v) is 7.18. The van der Waals surface area contributed by atoms with Gasteiger partial charge in [-0.2, -0.15) is 0 Å². The summed E-state index contributed by atoms with van der Waals surface area (Å²) in [4.78, 5) is 31.2. The van der Waals surface area contributed by atoms with Gasteiger partial charge in [0.25, 0.3) is 5.91 Å². The zero-order chi connectivity index (χ0) is 24.3. The molecule has 3 aromatic rings. The molecular weight excluding hydrogens is 456 g/mol. The highest BCUT2D eigenvalue weighted by molar-refractivity contribution is 7.12. The fraction of sp³-hybridized carbons (Fsp3) is 0.357. The van der Waals surface area contributed by atoms with E-state index in [4.69, 9.17) is 0 Å². The van der Waals surface area contributed by atoms with Crippen LogP contribution in [0.5, 0.6) is 0 Å². The van der Waals surface area contributed by atoms with Crippen LogP contribution in [0.25, 0.3) is 0 Å². The van der Waals surface area contributed by atoms with Gasteiger partial charge in [0, 0.05) is 45.7 Å². The minimum Gasteiger partial charge on any atom is -0.354 e. The number of amides is 2. The Bertz CT molecular complexity index is 1040. The molecule has 1 fully saturated rings. The molecule has 6 nitrogen and oxygen atoms in total. The number of thiophene rings is 1. The summed E-state index contributed by atoms with van der Waals surface area (Å²) in [6.45, 7) is 6.80. The molecule has 0 aliphatic carbocycles. The molecule has 1 aliphatic heterocycles. The van der Waals surface area contributed by atoms with Crippen molar-refractivity contribution in [1.82, 2.24) is 20.4 Å². The zero-order valence-electron chi connectivity index (χ0n) is 20.1. The summed E-state index contributed by atoms with van der Waals surface area (Å²) in [6, 6.07) is 23.4. The molecule has 2 N–H and O–H groups in total. The highest BCUT2D eigenvalue weighted by Gasteiger charge is 2.22. The van der Waals surface area contributed by atoms with E-state index in [1.165, 1.54) is 16.9 Å². The molecule has 1 atom stereocenters. The fourth-order valence-corrected chi connectivity index (χ4v) is 4.97. The van der Waals surface area contributed by atoms with Crippen molar-refractivity contribution in [3.05, 3.63) is 94.2 Å². The van der Waals surface area contributed by atoms with E-state index in [9.17, 15) is 9.59 Å². The van der Waals surface area contributed by atoms with E-state index in [2.05, 4.69) is 50.8 Å². The first-order valence-electron chi connectivity index (χ1n) is 12.3. The number of hydrogen-bond donors (Lipinski definition) is 2. The van der Waals surface area contributed by atoms with E-state index in [1.54, 1.807) is 6.07 Å². The van der Waals surface area contributed by atoms with E-state index in [1.807, 2.05) is 41.8 Å². The smallest absolute Gasteiger partial charge is 0.262 e. The molecule has 0 radical (unpaired) electrons. The Balaban J connectivity index is 1.20. The molecule has 1 aliphatic rings. The SMILES string of the molecule is O=C(NC(Cc1ccccc1)C(=O)NCCCN1CCN(Cc2ccccc2)CC1)c1cccs1. The molecule has 1 saturated heterocycles. The van der Waals surface area contributed by atoms with E-state index in [0.717, 1.165) is 51.3 Å². The van der Waals surface area contributed by atoms with Crippen LogP contribution in [0.15, 0.2) is 78.2 Å². The number of hydrogen-bond acceptors (Lipinski definition) is 5. The Morgan fingerprint density at radius 3 is 2.14 bits per heavy atom. The Morgan fingerprint density at radius 2 is 1.49 bits per heavy atom. The van der Waals surface area contributed by atoms with Gasteiger partial charge < -0.3 is 15.5 Å². The summed E-state index contributed by atoms with van der Waals surface area (Å²) in [5.74, 6) is -0.337. The molecule has 0 bridgehead atoms. The lowest BCUT2D eigenvalue weighted by molar-refractivity contribution is -0.122. The fourth-order valence-electron chi connectivity index (χ4n) is 4.35. The molecule has 2 aromatic carbocycles. The van der Waals surface area contributed by atoms with Gasteiger partial charge in [0.1, 0.15) is 6.04 Å². The van der Waals surface area contributed by atoms with Gasteiger partial charge in [-0.3, -0.25) is 14.5 Å². The number of nitrogens with one attached hydrogen (secondary N) is 2. The van der Waals surface area contributed by atoms with Crippen LogP contribution in [0.2, 0.25) is 0 Å². The molecule has 1 aromatic heterocycles. The summed E-state index contributed by atoms with van der Waals surface area (Å²) in [5, 5.41) is 7.84. The van der Waals surface area contributed by atoms with Gasteiger partial charge in [-0.25, -0.2) is 0 Å². The molecule has 7 heteroatoms. The van der Waals surface area contributed by atoms with Crippen LogP contribution in [0.1, 0.15) is 27.2 Å². The predicted molar refractivity (Wildman–Crippen MR) is 142 cm³/mol. The molecule has 1 unspecified atom stereocenters. The van der Waals surface area contributed by atoms with Crippen LogP contribution in [-0.2, 0) is 17.8 Å². The van der Waals surface area contributed by atoms with Gasteiger partial charge in [-0.15, -0.1) is 11.3 Å². The third-order valence-electron chi connectivity index (χ3n) is 6.31. The van der Waals surface area contributed by atoms with Crippen molar-refractivity contribution in [1.29, 1.82) is 0 Å². The van der Waals surface area contributed by atoms with E-state index >= 15 is 0 Å².